The van der Waals surface area contributed by atoms with Crippen LogP contribution in [0, 0.1) is 13.8 Å². The topological polar surface area (TPSA) is 63.5 Å². The summed E-state index contributed by atoms with van der Waals surface area (Å²) < 4.78 is 7.59. The van der Waals surface area contributed by atoms with E-state index < -0.39 is 0 Å². The average molecular weight is 372 g/mol. The van der Waals surface area contributed by atoms with Crippen LogP contribution in [0.5, 0.6) is 0 Å². The molecule has 27 heavy (non-hydrogen) atoms. The lowest BCUT2D eigenvalue weighted by atomic mass is 10.2. The predicted molar refractivity (Wildman–Crippen MR) is 112 cm³/mol. The lowest BCUT2D eigenvalue weighted by Gasteiger charge is -2.13. The lowest BCUT2D eigenvalue weighted by molar-refractivity contribution is 0.136. The van der Waals surface area contributed by atoms with E-state index in [2.05, 4.69) is 54.7 Å². The first-order valence-electron chi connectivity index (χ1n) is 9.87. The van der Waals surface area contributed by atoms with Gasteiger partial charge in [0.15, 0.2) is 5.96 Å². The van der Waals surface area contributed by atoms with Gasteiger partial charge < -0.3 is 15.4 Å². The second-order valence-electron chi connectivity index (χ2n) is 6.56. The van der Waals surface area contributed by atoms with Crippen molar-refractivity contribution in [1.82, 2.24) is 20.4 Å². The monoisotopic (exact) mass is 371 g/mol. The molecule has 0 spiro atoms. The summed E-state index contributed by atoms with van der Waals surface area (Å²) in [7, 11) is 0. The first-order chi connectivity index (χ1) is 13.2. The highest BCUT2D eigenvalue weighted by Gasteiger charge is 2.08. The van der Waals surface area contributed by atoms with Crippen LogP contribution in [0.4, 0.5) is 0 Å². The molecule has 0 bridgehead atoms. The van der Waals surface area contributed by atoms with Gasteiger partial charge in [-0.25, -0.2) is 9.67 Å². The van der Waals surface area contributed by atoms with Crippen molar-refractivity contribution in [3.8, 4) is 5.69 Å². The Morgan fingerprint density at radius 2 is 1.96 bits per heavy atom. The van der Waals surface area contributed by atoms with Crippen LogP contribution in [-0.2, 0) is 11.3 Å². The van der Waals surface area contributed by atoms with E-state index in [0.717, 1.165) is 61.1 Å². The molecular weight excluding hydrogens is 338 g/mol. The third-order valence-electron chi connectivity index (χ3n) is 4.16. The predicted octanol–water partition coefficient (Wildman–Crippen LogP) is 3.36. The number of nitrogens with one attached hydrogen (secondary N) is 2. The van der Waals surface area contributed by atoms with E-state index in [9.17, 15) is 0 Å². The van der Waals surface area contributed by atoms with Crippen LogP contribution in [0.1, 0.15) is 43.6 Å². The minimum atomic E-state index is 0.584. The summed E-state index contributed by atoms with van der Waals surface area (Å²) in [6, 6.07) is 10.4. The summed E-state index contributed by atoms with van der Waals surface area (Å²) in [5.74, 6) is 0.805. The van der Waals surface area contributed by atoms with Gasteiger partial charge in [0.2, 0.25) is 0 Å². The molecule has 0 atom stereocenters. The minimum absolute atomic E-state index is 0.584. The minimum Gasteiger partial charge on any atom is -0.380 e. The fraction of sp³-hybridized carbons (Fsp3) is 0.524. The van der Waals surface area contributed by atoms with Gasteiger partial charge in [0.05, 0.1) is 24.5 Å². The molecule has 0 aliphatic heterocycles. The zero-order valence-corrected chi connectivity index (χ0v) is 17.1. The van der Waals surface area contributed by atoms with E-state index in [-0.39, 0.29) is 0 Å². The van der Waals surface area contributed by atoms with Crippen molar-refractivity contribution >= 4 is 5.96 Å². The molecule has 0 aliphatic carbocycles. The number of ether oxygens (including phenoxy) is 1. The molecule has 0 fully saturated rings. The fourth-order valence-corrected chi connectivity index (χ4v) is 2.82. The number of aromatic nitrogens is 2. The van der Waals surface area contributed by atoms with Crippen LogP contribution in [0.3, 0.4) is 0 Å². The zero-order chi connectivity index (χ0) is 19.5. The van der Waals surface area contributed by atoms with Gasteiger partial charge in [-0.1, -0.05) is 31.5 Å². The van der Waals surface area contributed by atoms with Gasteiger partial charge in [-0.05, 0) is 44.9 Å². The summed E-state index contributed by atoms with van der Waals surface area (Å²) in [5, 5.41) is 11.2. The maximum Gasteiger partial charge on any atom is 0.191 e. The molecule has 0 amide bonds. The van der Waals surface area contributed by atoms with E-state index in [1.54, 1.807) is 0 Å². The molecule has 0 radical (unpaired) electrons. The molecule has 148 valence electrons. The Morgan fingerprint density at radius 3 is 2.67 bits per heavy atom. The summed E-state index contributed by atoms with van der Waals surface area (Å²) in [4.78, 5) is 4.74. The van der Waals surface area contributed by atoms with Gasteiger partial charge in [0, 0.05) is 25.4 Å². The molecule has 0 unspecified atom stereocenters. The van der Waals surface area contributed by atoms with E-state index in [0.29, 0.717) is 13.2 Å². The van der Waals surface area contributed by atoms with Gasteiger partial charge in [-0.15, -0.1) is 0 Å². The maximum atomic E-state index is 5.60. The molecule has 6 heteroatoms. The van der Waals surface area contributed by atoms with Crippen molar-refractivity contribution in [3.05, 3.63) is 47.3 Å². The number of benzene rings is 1. The van der Waals surface area contributed by atoms with Gasteiger partial charge >= 0.3 is 0 Å². The number of unbranched alkanes of at least 4 members (excludes halogenated alkanes) is 1. The number of hydrogen-bond donors (Lipinski definition) is 2. The van der Waals surface area contributed by atoms with Crippen LogP contribution in [0.2, 0.25) is 0 Å². The Kier molecular flexibility index (Phi) is 8.84. The Morgan fingerprint density at radius 1 is 1.15 bits per heavy atom. The average Bonchev–Trinajstić information content (AvgIpc) is 3.00. The highest BCUT2D eigenvalue weighted by Crippen LogP contribution is 2.17. The van der Waals surface area contributed by atoms with Crippen molar-refractivity contribution in [2.24, 2.45) is 4.99 Å². The first-order valence-corrected chi connectivity index (χ1v) is 9.87. The van der Waals surface area contributed by atoms with Crippen molar-refractivity contribution in [2.75, 3.05) is 26.3 Å². The second kappa shape index (κ2) is 11.4. The van der Waals surface area contributed by atoms with Crippen molar-refractivity contribution in [3.63, 3.8) is 0 Å². The largest absolute Gasteiger partial charge is 0.380 e. The molecule has 2 aromatic rings. The van der Waals surface area contributed by atoms with Crippen LogP contribution >= 0.6 is 0 Å². The van der Waals surface area contributed by atoms with Crippen LogP contribution in [0.15, 0.2) is 35.3 Å². The number of para-hydroxylation sites is 1. The summed E-state index contributed by atoms with van der Waals surface area (Å²) in [6.07, 6.45) is 2.27. The SMILES string of the molecule is CCCCOCCNC(=NCc1ccccc1-n1nc(C)cc1C)NCC. The summed E-state index contributed by atoms with van der Waals surface area (Å²) in [5.41, 5.74) is 4.35. The fourth-order valence-electron chi connectivity index (χ4n) is 2.82. The third-order valence-corrected chi connectivity index (χ3v) is 4.16. The van der Waals surface area contributed by atoms with Gasteiger partial charge in [0.25, 0.3) is 0 Å². The molecule has 1 aromatic heterocycles. The molecule has 6 nitrogen and oxygen atoms in total. The highest BCUT2D eigenvalue weighted by molar-refractivity contribution is 5.79. The number of nitrogens with zero attached hydrogens (tertiary/aromatic N) is 3. The Balaban J connectivity index is 2.02. The number of guanidine groups is 1. The summed E-state index contributed by atoms with van der Waals surface area (Å²) >= 11 is 0. The van der Waals surface area contributed by atoms with Gasteiger partial charge in [0.1, 0.15) is 0 Å². The zero-order valence-electron chi connectivity index (χ0n) is 17.1. The van der Waals surface area contributed by atoms with Crippen molar-refractivity contribution in [1.29, 1.82) is 0 Å². The second-order valence-corrected chi connectivity index (χ2v) is 6.56. The van der Waals surface area contributed by atoms with Crippen LogP contribution < -0.4 is 10.6 Å². The first kappa shape index (κ1) is 21.0. The smallest absolute Gasteiger partial charge is 0.191 e. The number of aryl methyl sites for hydroxylation is 2. The van der Waals surface area contributed by atoms with E-state index in [1.807, 2.05) is 23.7 Å². The van der Waals surface area contributed by atoms with Gasteiger partial charge in [-0.3, -0.25) is 0 Å². The van der Waals surface area contributed by atoms with E-state index in [4.69, 9.17) is 9.73 Å². The van der Waals surface area contributed by atoms with E-state index in [1.165, 1.54) is 0 Å². The van der Waals surface area contributed by atoms with E-state index >= 15 is 0 Å². The van der Waals surface area contributed by atoms with Gasteiger partial charge in [-0.2, -0.15) is 5.10 Å². The normalized spacial score (nSPS) is 11.6. The van der Waals surface area contributed by atoms with Crippen LogP contribution in [0.25, 0.3) is 5.69 Å². The number of rotatable bonds is 10. The van der Waals surface area contributed by atoms with Crippen LogP contribution in [-0.4, -0.2) is 42.0 Å². The molecule has 0 saturated carbocycles. The quantitative estimate of drug-likeness (QED) is 0.382. The molecule has 2 rings (SSSR count). The molecular formula is C21H33N5O. The Bertz CT molecular complexity index is 723. The maximum absolute atomic E-state index is 5.60. The Labute approximate surface area is 163 Å². The van der Waals surface area contributed by atoms with Crippen molar-refractivity contribution in [2.45, 2.75) is 47.1 Å². The summed E-state index contributed by atoms with van der Waals surface area (Å²) in [6.45, 7) is 12.0. The lowest BCUT2D eigenvalue weighted by Crippen LogP contribution is -2.39. The molecule has 0 saturated heterocycles. The van der Waals surface area contributed by atoms with Crippen molar-refractivity contribution < 1.29 is 4.74 Å². The standard InChI is InChI=1S/C21H33N5O/c1-5-7-13-27-14-12-23-21(22-6-2)24-16-19-10-8-9-11-20(19)26-18(4)15-17(3)25-26/h8-11,15H,5-7,12-14,16H2,1-4H3,(H2,22,23,24). The highest BCUT2D eigenvalue weighted by atomic mass is 16.5. The number of hydrogen-bond acceptors (Lipinski definition) is 3. The molecule has 2 N–H and O–H groups in total. The number of aliphatic imine (C=N–C) groups is 1. The molecule has 0 aliphatic rings. The molecule has 1 aromatic carbocycles. The Hall–Kier alpha value is -2.34. The third kappa shape index (κ3) is 6.71. The molecule has 1 heterocycles.